The van der Waals surface area contributed by atoms with E-state index in [1.165, 1.54) is 5.57 Å². The molecule has 0 heterocycles. The molecule has 0 spiro atoms. The summed E-state index contributed by atoms with van der Waals surface area (Å²) in [7, 11) is 0. The Morgan fingerprint density at radius 1 is 1.25 bits per heavy atom. The maximum Gasteiger partial charge on any atom is 0.0687 e. The molecule has 0 fully saturated rings. The van der Waals surface area contributed by atoms with Crippen molar-refractivity contribution in [3.05, 3.63) is 54.1 Å². The Bertz CT molecular complexity index is 416. The number of allylic oxidation sites excluding steroid dienone is 2. The molecule has 2 heteroatoms. The van der Waals surface area contributed by atoms with Crippen molar-refractivity contribution in [2.75, 3.05) is 5.32 Å². The fourth-order valence-electron chi connectivity index (χ4n) is 2.06. The summed E-state index contributed by atoms with van der Waals surface area (Å²) in [6.07, 6.45) is 6.17. The molecular weight excluding hydrogens is 196 g/mol. The van der Waals surface area contributed by atoms with Crippen molar-refractivity contribution in [2.45, 2.75) is 25.4 Å². The molecule has 2 unspecified atom stereocenters. The van der Waals surface area contributed by atoms with Crippen LogP contribution in [0.25, 0.3) is 0 Å². The van der Waals surface area contributed by atoms with Gasteiger partial charge in [-0.2, -0.15) is 0 Å². The number of anilines is 1. The first kappa shape index (κ1) is 11.0. The predicted molar refractivity (Wildman–Crippen MR) is 69.3 cm³/mol. The van der Waals surface area contributed by atoms with Crippen LogP contribution < -0.4 is 11.1 Å². The van der Waals surface area contributed by atoms with Gasteiger partial charge in [-0.3, -0.25) is 0 Å². The Labute approximate surface area is 96.9 Å². The number of rotatable bonds is 2. The zero-order valence-corrected chi connectivity index (χ0v) is 9.77. The smallest absolute Gasteiger partial charge is 0.0687 e. The third-order valence-corrected chi connectivity index (χ3v) is 2.98. The zero-order valence-electron chi connectivity index (χ0n) is 9.77. The Morgan fingerprint density at radius 2 is 1.94 bits per heavy atom. The third kappa shape index (κ3) is 2.17. The quantitative estimate of drug-likeness (QED) is 0.794. The summed E-state index contributed by atoms with van der Waals surface area (Å²) in [5.41, 5.74) is 8.30. The van der Waals surface area contributed by atoms with E-state index in [0.29, 0.717) is 0 Å². The summed E-state index contributed by atoms with van der Waals surface area (Å²) in [5.74, 6) is 0. The number of hydrogen-bond acceptors (Lipinski definition) is 2. The van der Waals surface area contributed by atoms with Gasteiger partial charge in [-0.1, -0.05) is 36.4 Å². The van der Waals surface area contributed by atoms with Crippen LogP contribution in [0.4, 0.5) is 5.69 Å². The summed E-state index contributed by atoms with van der Waals surface area (Å²) in [5, 5.41) is 3.48. The summed E-state index contributed by atoms with van der Waals surface area (Å²) in [6, 6.07) is 10.3. The summed E-state index contributed by atoms with van der Waals surface area (Å²) in [4.78, 5) is 0. The molecule has 2 atom stereocenters. The molecule has 0 aliphatic heterocycles. The Balaban J connectivity index is 2.21. The lowest BCUT2D eigenvalue weighted by atomic mass is 9.84. The van der Waals surface area contributed by atoms with Gasteiger partial charge in [0.05, 0.1) is 11.6 Å². The molecule has 3 N–H and O–H groups in total. The second-order valence-electron chi connectivity index (χ2n) is 4.58. The highest BCUT2D eigenvalue weighted by Gasteiger charge is 2.30. The van der Waals surface area contributed by atoms with Crippen molar-refractivity contribution in [2.24, 2.45) is 5.73 Å². The number of benzene rings is 1. The second kappa shape index (κ2) is 4.14. The average Bonchev–Trinajstić information content (AvgIpc) is 2.25. The van der Waals surface area contributed by atoms with E-state index in [1.54, 1.807) is 0 Å². The van der Waals surface area contributed by atoms with Gasteiger partial charge in [0.25, 0.3) is 0 Å². The Hall–Kier alpha value is -1.54. The summed E-state index contributed by atoms with van der Waals surface area (Å²) in [6.45, 7) is 4.15. The molecule has 0 aromatic heterocycles. The van der Waals surface area contributed by atoms with E-state index >= 15 is 0 Å². The largest absolute Gasteiger partial charge is 0.376 e. The topological polar surface area (TPSA) is 38.0 Å². The van der Waals surface area contributed by atoms with E-state index in [-0.39, 0.29) is 11.6 Å². The van der Waals surface area contributed by atoms with Crippen molar-refractivity contribution in [3.63, 3.8) is 0 Å². The van der Waals surface area contributed by atoms with Gasteiger partial charge in [0.1, 0.15) is 0 Å². The van der Waals surface area contributed by atoms with Crippen molar-refractivity contribution < 1.29 is 0 Å². The fraction of sp³-hybridized carbons (Fsp3) is 0.286. The van der Waals surface area contributed by atoms with E-state index in [9.17, 15) is 0 Å². The van der Waals surface area contributed by atoms with E-state index in [2.05, 4.69) is 30.4 Å². The molecule has 1 aliphatic carbocycles. The molecule has 2 nitrogen and oxygen atoms in total. The Morgan fingerprint density at radius 3 is 2.56 bits per heavy atom. The van der Waals surface area contributed by atoms with Crippen LogP contribution in [0.3, 0.4) is 0 Å². The molecule has 1 aromatic rings. The van der Waals surface area contributed by atoms with Gasteiger partial charge in [0, 0.05) is 5.69 Å². The van der Waals surface area contributed by atoms with Crippen molar-refractivity contribution >= 4 is 5.69 Å². The SMILES string of the molecule is CC1=CC=CC(C)(N)C1Nc1ccccc1. The minimum atomic E-state index is -0.339. The van der Waals surface area contributed by atoms with Crippen molar-refractivity contribution in [3.8, 4) is 0 Å². The van der Waals surface area contributed by atoms with E-state index in [4.69, 9.17) is 5.73 Å². The van der Waals surface area contributed by atoms with Crippen LogP contribution in [-0.4, -0.2) is 11.6 Å². The van der Waals surface area contributed by atoms with Gasteiger partial charge >= 0.3 is 0 Å². The lowest BCUT2D eigenvalue weighted by molar-refractivity contribution is 0.521. The maximum absolute atomic E-state index is 6.27. The van der Waals surface area contributed by atoms with Gasteiger partial charge in [-0.05, 0) is 31.6 Å². The number of nitrogens with two attached hydrogens (primary N) is 1. The minimum Gasteiger partial charge on any atom is -0.376 e. The van der Waals surface area contributed by atoms with E-state index in [1.807, 2.05) is 37.3 Å². The van der Waals surface area contributed by atoms with Crippen LogP contribution in [0.1, 0.15) is 13.8 Å². The molecule has 0 amide bonds. The fourth-order valence-corrected chi connectivity index (χ4v) is 2.06. The predicted octanol–water partition coefficient (Wildman–Crippen LogP) is 2.70. The molecule has 0 saturated heterocycles. The van der Waals surface area contributed by atoms with Crippen molar-refractivity contribution in [1.82, 2.24) is 0 Å². The molecule has 16 heavy (non-hydrogen) atoms. The van der Waals surface area contributed by atoms with Gasteiger partial charge < -0.3 is 11.1 Å². The highest BCUT2D eigenvalue weighted by molar-refractivity contribution is 5.49. The normalized spacial score (nSPS) is 28.7. The van der Waals surface area contributed by atoms with Crippen LogP contribution in [0.5, 0.6) is 0 Å². The molecule has 1 aromatic carbocycles. The van der Waals surface area contributed by atoms with Crippen LogP contribution in [0, 0.1) is 0 Å². The standard InChI is InChI=1S/C14H18N2/c1-11-7-6-10-14(2,15)13(11)16-12-8-4-3-5-9-12/h3-10,13,16H,15H2,1-2H3. The highest BCUT2D eigenvalue weighted by atomic mass is 15.0. The first-order chi connectivity index (χ1) is 7.59. The number of nitrogens with one attached hydrogen (secondary N) is 1. The summed E-state index contributed by atoms with van der Waals surface area (Å²) < 4.78 is 0. The van der Waals surface area contributed by atoms with E-state index < -0.39 is 0 Å². The molecule has 0 radical (unpaired) electrons. The number of hydrogen-bond donors (Lipinski definition) is 2. The first-order valence-electron chi connectivity index (χ1n) is 5.56. The average molecular weight is 214 g/mol. The second-order valence-corrected chi connectivity index (χ2v) is 4.58. The maximum atomic E-state index is 6.27. The first-order valence-corrected chi connectivity index (χ1v) is 5.56. The molecule has 2 rings (SSSR count). The van der Waals surface area contributed by atoms with Crippen LogP contribution in [-0.2, 0) is 0 Å². The monoisotopic (exact) mass is 214 g/mol. The van der Waals surface area contributed by atoms with Crippen molar-refractivity contribution in [1.29, 1.82) is 0 Å². The lowest BCUT2D eigenvalue weighted by Gasteiger charge is -2.35. The van der Waals surface area contributed by atoms with Gasteiger partial charge in [0.15, 0.2) is 0 Å². The molecule has 84 valence electrons. The van der Waals surface area contributed by atoms with Crippen LogP contribution >= 0.6 is 0 Å². The van der Waals surface area contributed by atoms with E-state index in [0.717, 1.165) is 5.69 Å². The third-order valence-electron chi connectivity index (χ3n) is 2.98. The van der Waals surface area contributed by atoms with Crippen LogP contribution in [0.15, 0.2) is 54.1 Å². The van der Waals surface area contributed by atoms with Gasteiger partial charge in [-0.25, -0.2) is 0 Å². The number of para-hydroxylation sites is 1. The van der Waals surface area contributed by atoms with Crippen LogP contribution in [0.2, 0.25) is 0 Å². The zero-order chi connectivity index (χ0) is 11.6. The Kier molecular flexibility index (Phi) is 2.84. The van der Waals surface area contributed by atoms with Gasteiger partial charge in [0.2, 0.25) is 0 Å². The molecule has 0 saturated carbocycles. The molecular formula is C14H18N2. The lowest BCUT2D eigenvalue weighted by Crippen LogP contribution is -2.52. The minimum absolute atomic E-state index is 0.153. The molecule has 1 aliphatic rings. The highest BCUT2D eigenvalue weighted by Crippen LogP contribution is 2.24. The van der Waals surface area contributed by atoms with Gasteiger partial charge in [-0.15, -0.1) is 0 Å². The summed E-state index contributed by atoms with van der Waals surface area (Å²) >= 11 is 0. The molecule has 0 bridgehead atoms.